The second-order valence-corrected chi connectivity index (χ2v) is 4.83. The number of hydrogen-bond acceptors (Lipinski definition) is 2. The zero-order valence-corrected chi connectivity index (χ0v) is 9.05. The highest BCUT2D eigenvalue weighted by Gasteiger charge is 2.32. The number of carbonyl (C=O) groups excluding carboxylic acids is 1. The van der Waals surface area contributed by atoms with Crippen LogP contribution in [0.15, 0.2) is 0 Å². The second-order valence-electron chi connectivity index (χ2n) is 4.83. The molecule has 2 fully saturated rings. The SMILES string of the molecule is CC1CCC1NC1CCC(=O)NC1C. The molecule has 1 aliphatic carbocycles. The number of amides is 1. The van der Waals surface area contributed by atoms with Gasteiger partial charge in [0.15, 0.2) is 0 Å². The maximum atomic E-state index is 11.1. The van der Waals surface area contributed by atoms with E-state index in [0.29, 0.717) is 24.5 Å². The van der Waals surface area contributed by atoms with Crippen LogP contribution in [0.2, 0.25) is 0 Å². The van der Waals surface area contributed by atoms with Gasteiger partial charge in [0.25, 0.3) is 0 Å². The molecule has 0 bridgehead atoms. The number of nitrogens with one attached hydrogen (secondary N) is 2. The normalized spacial score (nSPS) is 42.9. The van der Waals surface area contributed by atoms with E-state index in [9.17, 15) is 4.79 Å². The summed E-state index contributed by atoms with van der Waals surface area (Å²) in [6.45, 7) is 4.39. The molecule has 14 heavy (non-hydrogen) atoms. The summed E-state index contributed by atoms with van der Waals surface area (Å²) in [6, 6.07) is 1.47. The van der Waals surface area contributed by atoms with E-state index in [4.69, 9.17) is 0 Å². The van der Waals surface area contributed by atoms with Crippen LogP contribution in [-0.4, -0.2) is 24.0 Å². The van der Waals surface area contributed by atoms with Crippen molar-refractivity contribution < 1.29 is 4.79 Å². The molecule has 4 atom stereocenters. The quantitative estimate of drug-likeness (QED) is 0.693. The average Bonchev–Trinajstić information content (AvgIpc) is 2.14. The van der Waals surface area contributed by atoms with E-state index in [0.717, 1.165) is 12.3 Å². The minimum atomic E-state index is 0.206. The van der Waals surface area contributed by atoms with Gasteiger partial charge in [-0.25, -0.2) is 0 Å². The largest absolute Gasteiger partial charge is 0.352 e. The van der Waals surface area contributed by atoms with E-state index in [1.165, 1.54) is 12.8 Å². The fraction of sp³-hybridized carbons (Fsp3) is 0.909. The van der Waals surface area contributed by atoms with E-state index in [1.54, 1.807) is 0 Å². The fourth-order valence-corrected chi connectivity index (χ4v) is 2.38. The van der Waals surface area contributed by atoms with Gasteiger partial charge in [0, 0.05) is 24.5 Å². The van der Waals surface area contributed by atoms with Gasteiger partial charge in [-0.05, 0) is 32.1 Å². The third kappa shape index (κ3) is 1.92. The first-order valence-electron chi connectivity index (χ1n) is 5.72. The molecular weight excluding hydrogens is 176 g/mol. The highest BCUT2D eigenvalue weighted by molar-refractivity contribution is 5.77. The topological polar surface area (TPSA) is 41.1 Å². The number of rotatable bonds is 2. The third-order valence-electron chi connectivity index (χ3n) is 3.72. The molecule has 2 rings (SSSR count). The fourth-order valence-electron chi connectivity index (χ4n) is 2.38. The lowest BCUT2D eigenvalue weighted by atomic mass is 9.80. The van der Waals surface area contributed by atoms with E-state index in [2.05, 4.69) is 24.5 Å². The number of hydrogen-bond donors (Lipinski definition) is 2. The Bertz CT molecular complexity index is 229. The summed E-state index contributed by atoms with van der Waals surface area (Å²) in [4.78, 5) is 11.1. The van der Waals surface area contributed by atoms with E-state index >= 15 is 0 Å². The molecule has 80 valence electrons. The minimum absolute atomic E-state index is 0.206. The van der Waals surface area contributed by atoms with Crippen molar-refractivity contribution in [1.29, 1.82) is 0 Å². The zero-order valence-electron chi connectivity index (χ0n) is 9.05. The van der Waals surface area contributed by atoms with Crippen LogP contribution in [-0.2, 0) is 4.79 Å². The summed E-state index contributed by atoms with van der Waals surface area (Å²) in [6.07, 6.45) is 4.34. The van der Waals surface area contributed by atoms with Crippen molar-refractivity contribution in [2.75, 3.05) is 0 Å². The van der Waals surface area contributed by atoms with Gasteiger partial charge in [0.2, 0.25) is 5.91 Å². The maximum Gasteiger partial charge on any atom is 0.220 e. The van der Waals surface area contributed by atoms with Crippen molar-refractivity contribution >= 4 is 5.91 Å². The van der Waals surface area contributed by atoms with Crippen molar-refractivity contribution in [3.63, 3.8) is 0 Å². The Kier molecular flexibility index (Phi) is 2.77. The first-order chi connectivity index (χ1) is 6.66. The average molecular weight is 196 g/mol. The first-order valence-corrected chi connectivity index (χ1v) is 5.72. The molecule has 2 N–H and O–H groups in total. The van der Waals surface area contributed by atoms with Gasteiger partial charge in [-0.1, -0.05) is 6.92 Å². The Labute approximate surface area is 85.6 Å². The van der Waals surface area contributed by atoms with E-state index in [-0.39, 0.29) is 5.91 Å². The molecule has 1 amide bonds. The van der Waals surface area contributed by atoms with Gasteiger partial charge in [-0.3, -0.25) is 4.79 Å². The number of piperidine rings is 1. The second kappa shape index (κ2) is 3.89. The Morgan fingerprint density at radius 3 is 2.50 bits per heavy atom. The summed E-state index contributed by atoms with van der Waals surface area (Å²) in [5.74, 6) is 1.03. The lowest BCUT2D eigenvalue weighted by Gasteiger charge is -2.41. The molecule has 4 unspecified atom stereocenters. The molecule has 0 aromatic rings. The van der Waals surface area contributed by atoms with Gasteiger partial charge >= 0.3 is 0 Å². The molecule has 3 heteroatoms. The van der Waals surface area contributed by atoms with Crippen LogP contribution in [0.25, 0.3) is 0 Å². The van der Waals surface area contributed by atoms with Gasteiger partial charge in [-0.2, -0.15) is 0 Å². The summed E-state index contributed by atoms with van der Waals surface area (Å²) in [5.41, 5.74) is 0. The predicted octanol–water partition coefficient (Wildman–Crippen LogP) is 1.04. The lowest BCUT2D eigenvalue weighted by Crippen LogP contribution is -2.57. The highest BCUT2D eigenvalue weighted by atomic mass is 16.1. The van der Waals surface area contributed by atoms with Crippen LogP contribution < -0.4 is 10.6 Å². The summed E-state index contributed by atoms with van der Waals surface area (Å²) in [5, 5.41) is 6.66. The molecule has 3 nitrogen and oxygen atoms in total. The van der Waals surface area contributed by atoms with Gasteiger partial charge in [-0.15, -0.1) is 0 Å². The van der Waals surface area contributed by atoms with Crippen LogP contribution in [0, 0.1) is 5.92 Å². The monoisotopic (exact) mass is 196 g/mol. The van der Waals surface area contributed by atoms with Crippen molar-refractivity contribution in [2.45, 2.75) is 57.7 Å². The Hall–Kier alpha value is -0.570. The summed E-state index contributed by atoms with van der Waals surface area (Å²) in [7, 11) is 0. The lowest BCUT2D eigenvalue weighted by molar-refractivity contribution is -0.123. The van der Waals surface area contributed by atoms with Crippen molar-refractivity contribution in [2.24, 2.45) is 5.92 Å². The number of carbonyl (C=O) groups is 1. The van der Waals surface area contributed by atoms with Crippen LogP contribution in [0.1, 0.15) is 39.5 Å². The Morgan fingerprint density at radius 2 is 2.00 bits per heavy atom. The summed E-state index contributed by atoms with van der Waals surface area (Å²) >= 11 is 0. The van der Waals surface area contributed by atoms with E-state index in [1.807, 2.05) is 0 Å². The predicted molar refractivity (Wildman–Crippen MR) is 55.9 cm³/mol. The maximum absolute atomic E-state index is 11.1. The molecule has 2 aliphatic rings. The molecular formula is C11H20N2O. The van der Waals surface area contributed by atoms with Crippen LogP contribution in [0.4, 0.5) is 0 Å². The van der Waals surface area contributed by atoms with E-state index < -0.39 is 0 Å². The highest BCUT2D eigenvalue weighted by Crippen LogP contribution is 2.27. The van der Waals surface area contributed by atoms with Crippen molar-refractivity contribution in [1.82, 2.24) is 10.6 Å². The molecule has 0 spiro atoms. The van der Waals surface area contributed by atoms with Gasteiger partial charge in [0.1, 0.15) is 0 Å². The van der Waals surface area contributed by atoms with Gasteiger partial charge < -0.3 is 10.6 Å². The molecule has 0 aromatic heterocycles. The van der Waals surface area contributed by atoms with Crippen LogP contribution in [0.5, 0.6) is 0 Å². The van der Waals surface area contributed by atoms with Crippen LogP contribution in [0.3, 0.4) is 0 Å². The molecule has 1 aliphatic heterocycles. The smallest absolute Gasteiger partial charge is 0.220 e. The van der Waals surface area contributed by atoms with Gasteiger partial charge in [0.05, 0.1) is 0 Å². The van der Waals surface area contributed by atoms with Crippen LogP contribution >= 0.6 is 0 Å². The third-order valence-corrected chi connectivity index (χ3v) is 3.72. The summed E-state index contributed by atoms with van der Waals surface area (Å²) < 4.78 is 0. The van der Waals surface area contributed by atoms with Crippen molar-refractivity contribution in [3.8, 4) is 0 Å². The standard InChI is InChI=1S/C11H20N2O/c1-7-3-4-9(7)13-10-5-6-11(14)12-8(10)2/h7-10,13H,3-6H2,1-2H3,(H,12,14). The molecule has 0 radical (unpaired) electrons. The molecule has 1 saturated carbocycles. The Morgan fingerprint density at radius 1 is 1.21 bits per heavy atom. The molecule has 0 aromatic carbocycles. The molecule has 1 saturated heterocycles. The first kappa shape index (κ1) is 9.97. The zero-order chi connectivity index (χ0) is 10.1. The molecule has 1 heterocycles. The van der Waals surface area contributed by atoms with Crippen molar-refractivity contribution in [3.05, 3.63) is 0 Å². The Balaban J connectivity index is 1.82. The minimum Gasteiger partial charge on any atom is -0.352 e.